The Kier molecular flexibility index (Phi) is 7.97. The van der Waals surface area contributed by atoms with E-state index in [0.717, 1.165) is 29.7 Å². The van der Waals surface area contributed by atoms with Crippen LogP contribution in [0.2, 0.25) is 0 Å². The lowest BCUT2D eigenvalue weighted by Gasteiger charge is -2.24. The van der Waals surface area contributed by atoms with Gasteiger partial charge in [0.05, 0.1) is 43.9 Å². The van der Waals surface area contributed by atoms with Gasteiger partial charge in [-0.1, -0.05) is 0 Å². The van der Waals surface area contributed by atoms with Gasteiger partial charge in [0.15, 0.2) is 23.3 Å². The van der Waals surface area contributed by atoms with E-state index in [1.54, 1.807) is 18.2 Å². The normalized spacial score (nSPS) is 13.5. The molecule has 36 heavy (non-hydrogen) atoms. The number of alkyl halides is 3. The lowest BCUT2D eigenvalue weighted by atomic mass is 10.1. The van der Waals surface area contributed by atoms with Crippen molar-refractivity contribution in [2.24, 2.45) is 0 Å². The van der Waals surface area contributed by atoms with Crippen molar-refractivity contribution in [1.29, 1.82) is 5.26 Å². The molecule has 192 valence electrons. The minimum Gasteiger partial charge on any atom is -0.768 e. The summed E-state index contributed by atoms with van der Waals surface area (Å²) >= 11 is 0.743. The molecular formula is C20H16F3N3O7PS2-. The second kappa shape index (κ2) is 10.5. The van der Waals surface area contributed by atoms with E-state index in [0.29, 0.717) is 23.1 Å². The zero-order valence-corrected chi connectivity index (χ0v) is 20.9. The molecule has 10 nitrogen and oxygen atoms in total. The molecule has 3 aromatic rings. The lowest BCUT2D eigenvalue weighted by molar-refractivity contribution is -0.191. The molecule has 0 aliphatic carbocycles. The van der Waals surface area contributed by atoms with E-state index >= 15 is 0 Å². The average Bonchev–Trinajstić information content (AvgIpc) is 3.33. The highest BCUT2D eigenvalue weighted by atomic mass is 32.2. The molecule has 2 aromatic carbocycles. The predicted molar refractivity (Wildman–Crippen MR) is 120 cm³/mol. The molecule has 1 heterocycles. The Hall–Kier alpha value is -3.15. The molecule has 0 spiro atoms. The molecule has 16 heteroatoms. The van der Waals surface area contributed by atoms with Crippen LogP contribution in [0.15, 0.2) is 46.8 Å². The molecule has 0 radical (unpaired) electrons. The van der Waals surface area contributed by atoms with Gasteiger partial charge in [-0.3, -0.25) is 4.57 Å². The van der Waals surface area contributed by atoms with Gasteiger partial charge in [0.25, 0.3) is 10.0 Å². The number of hydrogen-bond donors (Lipinski definition) is 1. The van der Waals surface area contributed by atoms with Crippen molar-refractivity contribution < 1.29 is 45.0 Å². The van der Waals surface area contributed by atoms with Crippen LogP contribution in [0.25, 0.3) is 10.6 Å². The van der Waals surface area contributed by atoms with Gasteiger partial charge in [-0.2, -0.15) is 18.4 Å². The van der Waals surface area contributed by atoms with E-state index < -0.39 is 47.0 Å². The number of halogens is 3. The summed E-state index contributed by atoms with van der Waals surface area (Å²) in [6.45, 7) is 0. The zero-order chi connectivity index (χ0) is 26.7. The van der Waals surface area contributed by atoms with Crippen LogP contribution in [0.3, 0.4) is 0 Å². The van der Waals surface area contributed by atoms with E-state index in [2.05, 4.69) is 9.51 Å². The molecule has 0 amide bonds. The summed E-state index contributed by atoms with van der Waals surface area (Å²) in [5.41, 5.74) is -1.61. The van der Waals surface area contributed by atoms with Crippen molar-refractivity contribution in [1.82, 2.24) is 9.71 Å². The Morgan fingerprint density at radius 3 is 2.47 bits per heavy atom. The molecule has 0 saturated carbocycles. The maximum atomic E-state index is 13.1. The number of thiazole rings is 1. The molecule has 1 unspecified atom stereocenters. The molecule has 0 saturated heterocycles. The van der Waals surface area contributed by atoms with E-state index in [1.807, 2.05) is 4.72 Å². The van der Waals surface area contributed by atoms with Gasteiger partial charge in [-0.15, -0.1) is 11.3 Å². The smallest absolute Gasteiger partial charge is 0.417 e. The van der Waals surface area contributed by atoms with E-state index in [9.17, 15) is 31.0 Å². The van der Waals surface area contributed by atoms with Crippen molar-refractivity contribution in [3.05, 3.63) is 53.7 Å². The number of benzene rings is 2. The maximum Gasteiger partial charge on any atom is 0.417 e. The minimum atomic E-state index is -5.03. The van der Waals surface area contributed by atoms with Crippen LogP contribution in [0.5, 0.6) is 17.2 Å². The lowest BCUT2D eigenvalue weighted by Crippen LogP contribution is -2.28. The number of nitriles is 1. The first-order valence-electron chi connectivity index (χ1n) is 9.58. The highest BCUT2D eigenvalue weighted by molar-refractivity contribution is 7.91. The number of nitrogens with zero attached hydrogens (tertiary/aromatic N) is 2. The monoisotopic (exact) mass is 562 g/mol. The van der Waals surface area contributed by atoms with Crippen molar-refractivity contribution in [2.45, 2.75) is 10.4 Å². The van der Waals surface area contributed by atoms with Crippen LogP contribution in [-0.2, 0) is 20.8 Å². The van der Waals surface area contributed by atoms with Gasteiger partial charge < -0.3 is 18.9 Å². The van der Waals surface area contributed by atoms with Crippen LogP contribution in [-0.4, -0.2) is 33.9 Å². The van der Waals surface area contributed by atoms with Gasteiger partial charge in [0.2, 0.25) is 0 Å². The van der Waals surface area contributed by atoms with Gasteiger partial charge in [-0.25, -0.2) is 18.1 Å². The van der Waals surface area contributed by atoms with Crippen LogP contribution < -0.4 is 23.6 Å². The number of sulfonamides is 1. The van der Waals surface area contributed by atoms with E-state index in [4.69, 9.17) is 14.7 Å². The van der Waals surface area contributed by atoms with Crippen molar-refractivity contribution in [2.75, 3.05) is 20.5 Å². The number of nitrogens with one attached hydrogen (secondary N) is 1. The average molecular weight is 562 g/mol. The SMILES string of the molecule is COc1ccc(-c2ncc(S(=O)(=O)NCP(=O)([O-])Oc3ccc(C#N)c(C(F)(F)F)c3)s2)cc1OC. The van der Waals surface area contributed by atoms with Crippen LogP contribution in [0, 0.1) is 11.3 Å². The first kappa shape index (κ1) is 27.4. The summed E-state index contributed by atoms with van der Waals surface area (Å²) in [5.74, 6) is 0.101. The fraction of sp³-hybridized carbons (Fsp3) is 0.200. The molecule has 1 atom stereocenters. The standard InChI is InChI=1S/C20H17F3N3O7PS2/c1-31-16-6-4-12(7-17(16)32-2)19-25-10-18(35-19)36(29,30)26-11-34(27,28)33-14-5-3-13(9-24)15(8-14)20(21,22)23/h3-8,10,26H,11H2,1-2H3,(H,27,28)/p-1. The summed E-state index contributed by atoms with van der Waals surface area (Å²) in [5, 5.41) is 9.10. The van der Waals surface area contributed by atoms with Gasteiger partial charge in [-0.05, 0) is 36.4 Å². The van der Waals surface area contributed by atoms with Crippen LogP contribution in [0.4, 0.5) is 13.2 Å². The molecule has 0 bridgehead atoms. The summed E-state index contributed by atoms with van der Waals surface area (Å²) < 4.78 is 93.1. The Morgan fingerprint density at radius 2 is 1.86 bits per heavy atom. The largest absolute Gasteiger partial charge is 0.768 e. The van der Waals surface area contributed by atoms with Crippen molar-refractivity contribution in [3.63, 3.8) is 0 Å². The number of methoxy groups -OCH3 is 2. The highest BCUT2D eigenvalue weighted by Gasteiger charge is 2.34. The first-order chi connectivity index (χ1) is 16.8. The highest BCUT2D eigenvalue weighted by Crippen LogP contribution is 2.41. The second-order valence-corrected chi connectivity index (χ2v) is 11.6. The third-order valence-corrected chi connectivity index (χ3v) is 8.65. The molecular weight excluding hydrogens is 546 g/mol. The summed E-state index contributed by atoms with van der Waals surface area (Å²) in [7, 11) is -6.53. The molecule has 3 rings (SSSR count). The third-order valence-electron chi connectivity index (χ3n) is 4.49. The molecule has 0 aliphatic rings. The van der Waals surface area contributed by atoms with E-state index in [-0.39, 0.29) is 9.22 Å². The van der Waals surface area contributed by atoms with Crippen molar-refractivity contribution in [3.8, 4) is 33.9 Å². The van der Waals surface area contributed by atoms with Gasteiger partial charge in [0, 0.05) is 5.56 Å². The van der Waals surface area contributed by atoms with Crippen LogP contribution in [0.1, 0.15) is 11.1 Å². The Labute approximate surface area is 207 Å². The Balaban J connectivity index is 1.75. The number of ether oxygens (including phenoxy) is 2. The number of rotatable bonds is 9. The minimum absolute atomic E-state index is 0.287. The number of aromatic nitrogens is 1. The Bertz CT molecular complexity index is 1470. The van der Waals surface area contributed by atoms with E-state index in [1.165, 1.54) is 20.3 Å². The quantitative estimate of drug-likeness (QED) is 0.386. The summed E-state index contributed by atoms with van der Waals surface area (Å²) in [4.78, 5) is 16.3. The first-order valence-corrected chi connectivity index (χ1v) is 13.6. The second-order valence-electron chi connectivity index (χ2n) is 6.88. The number of hydrogen-bond acceptors (Lipinski definition) is 10. The Morgan fingerprint density at radius 1 is 1.17 bits per heavy atom. The molecule has 0 aliphatic heterocycles. The fourth-order valence-electron chi connectivity index (χ4n) is 2.83. The topological polar surface area (TPSA) is 151 Å². The fourth-order valence-corrected chi connectivity index (χ4v) is 6.47. The molecule has 0 fully saturated rings. The third kappa shape index (κ3) is 6.34. The summed E-state index contributed by atoms with van der Waals surface area (Å²) in [6, 6.07) is 8.09. The summed E-state index contributed by atoms with van der Waals surface area (Å²) in [6.07, 6.45) is -5.16. The van der Waals surface area contributed by atoms with Gasteiger partial charge in [0.1, 0.15) is 10.8 Å². The molecule has 1 aromatic heterocycles. The zero-order valence-electron chi connectivity index (χ0n) is 18.4. The predicted octanol–water partition coefficient (Wildman–Crippen LogP) is 3.59. The van der Waals surface area contributed by atoms with Crippen molar-refractivity contribution >= 4 is 29.0 Å². The van der Waals surface area contributed by atoms with Crippen LogP contribution >= 0.6 is 18.9 Å². The maximum absolute atomic E-state index is 13.1. The van der Waals surface area contributed by atoms with Gasteiger partial charge >= 0.3 is 6.18 Å². The molecule has 1 N–H and O–H groups in total.